The highest BCUT2D eigenvalue weighted by atomic mass is 35.5. The molecule has 10 nitrogen and oxygen atoms in total. The van der Waals surface area contributed by atoms with Gasteiger partial charge in [-0.25, -0.2) is 28.9 Å². The van der Waals surface area contributed by atoms with Gasteiger partial charge in [0, 0.05) is 23.0 Å². The van der Waals surface area contributed by atoms with Gasteiger partial charge in [0.25, 0.3) is 5.56 Å². The number of rotatable bonds is 6. The largest absolute Gasteiger partial charge is 0.573 e. The summed E-state index contributed by atoms with van der Waals surface area (Å²) in [7, 11) is 0. The fraction of sp³-hybridized carbons (Fsp3) is 0.161. The summed E-state index contributed by atoms with van der Waals surface area (Å²) in [5, 5.41) is 15.8. The van der Waals surface area contributed by atoms with E-state index in [2.05, 4.69) is 29.8 Å². The number of nitrogens with zero attached hydrogens (tertiary/aromatic N) is 7. The van der Waals surface area contributed by atoms with Gasteiger partial charge in [-0.1, -0.05) is 49.2 Å². The molecule has 6 rings (SSSR count). The lowest BCUT2D eigenvalue weighted by molar-refractivity contribution is -0.274. The van der Waals surface area contributed by atoms with Crippen LogP contribution in [0, 0.1) is 11.7 Å². The maximum absolute atomic E-state index is 13.6. The molecule has 3 aromatic carbocycles. The van der Waals surface area contributed by atoms with Gasteiger partial charge in [0.2, 0.25) is 5.95 Å². The lowest BCUT2D eigenvalue weighted by Gasteiger charge is -2.32. The van der Waals surface area contributed by atoms with Gasteiger partial charge in [0.1, 0.15) is 36.1 Å². The standard InChI is InChI=1S/C16H8Cl2FN5O.C15H15F3N2O2/c17-9-1-4-14(12(18)5-9)24-15(25)11-6-10(19)2-3-13(11)22-16(24)23-8-20-7-21-23;1-10(2)14(21,12-7-19-9-20-8-12)11-3-5-13(6-4-11)22-15(16,17)18/h1-8H;3-10,21H,1-2H3. The van der Waals surface area contributed by atoms with E-state index < -0.39 is 23.3 Å². The van der Waals surface area contributed by atoms with Crippen LogP contribution in [0.1, 0.15) is 25.0 Å². The van der Waals surface area contributed by atoms with Crippen molar-refractivity contribution >= 4 is 34.1 Å². The van der Waals surface area contributed by atoms with E-state index in [4.69, 9.17) is 23.2 Å². The highest BCUT2D eigenvalue weighted by Gasteiger charge is 2.36. The van der Waals surface area contributed by atoms with Crippen molar-refractivity contribution in [3.63, 3.8) is 0 Å². The summed E-state index contributed by atoms with van der Waals surface area (Å²) in [5.41, 5.74) is -0.308. The van der Waals surface area contributed by atoms with Crippen molar-refractivity contribution in [1.82, 2.24) is 34.3 Å². The number of fused-ring (bicyclic) bond motifs is 1. The van der Waals surface area contributed by atoms with Crippen LogP contribution in [0.4, 0.5) is 17.6 Å². The zero-order chi connectivity index (χ0) is 33.9. The van der Waals surface area contributed by atoms with Crippen LogP contribution in [-0.4, -0.2) is 45.8 Å². The number of aliphatic hydroxyl groups is 1. The molecule has 0 aliphatic carbocycles. The summed E-state index contributed by atoms with van der Waals surface area (Å²) in [6.07, 6.45) is 2.26. The predicted molar refractivity (Wildman–Crippen MR) is 165 cm³/mol. The second-order valence-electron chi connectivity index (χ2n) is 10.3. The molecule has 0 fully saturated rings. The van der Waals surface area contributed by atoms with Gasteiger partial charge < -0.3 is 9.84 Å². The quantitative estimate of drug-likeness (QED) is 0.193. The molecule has 0 aliphatic heterocycles. The Balaban J connectivity index is 0.000000186. The Morgan fingerprint density at radius 2 is 1.60 bits per heavy atom. The van der Waals surface area contributed by atoms with Crippen LogP contribution in [0.2, 0.25) is 10.0 Å². The van der Waals surface area contributed by atoms with Crippen molar-refractivity contribution in [3.05, 3.63) is 129 Å². The molecule has 6 aromatic rings. The molecule has 1 atom stereocenters. The van der Waals surface area contributed by atoms with Gasteiger partial charge in [-0.2, -0.15) is 9.78 Å². The molecular formula is C31H23Cl2F4N7O3. The van der Waals surface area contributed by atoms with Gasteiger partial charge >= 0.3 is 6.36 Å². The molecule has 3 aromatic heterocycles. The van der Waals surface area contributed by atoms with Crippen molar-refractivity contribution in [1.29, 1.82) is 0 Å². The molecule has 47 heavy (non-hydrogen) atoms. The number of alkyl halides is 3. The second kappa shape index (κ2) is 13.4. The van der Waals surface area contributed by atoms with E-state index in [0.717, 1.165) is 6.07 Å². The number of hydrogen-bond donors (Lipinski definition) is 1. The smallest absolute Gasteiger partial charge is 0.406 e. The maximum Gasteiger partial charge on any atom is 0.573 e. The van der Waals surface area contributed by atoms with E-state index in [1.165, 1.54) is 83.1 Å². The summed E-state index contributed by atoms with van der Waals surface area (Å²) >= 11 is 12.2. The Morgan fingerprint density at radius 3 is 2.19 bits per heavy atom. The molecule has 0 amide bonds. The number of hydrogen-bond acceptors (Lipinski definition) is 8. The van der Waals surface area contributed by atoms with Gasteiger partial charge in [0.05, 0.1) is 21.6 Å². The highest BCUT2D eigenvalue weighted by Crippen LogP contribution is 2.37. The van der Waals surface area contributed by atoms with Crippen molar-refractivity contribution in [2.75, 3.05) is 0 Å². The van der Waals surface area contributed by atoms with Crippen molar-refractivity contribution in [3.8, 4) is 17.4 Å². The fourth-order valence-corrected chi connectivity index (χ4v) is 5.22. The van der Waals surface area contributed by atoms with E-state index in [0.29, 0.717) is 27.4 Å². The third kappa shape index (κ3) is 7.24. The minimum atomic E-state index is -4.75. The third-order valence-electron chi connectivity index (χ3n) is 6.95. The Hall–Kier alpha value is -4.92. The van der Waals surface area contributed by atoms with E-state index in [1.807, 2.05) is 0 Å². The Morgan fingerprint density at radius 1 is 0.894 bits per heavy atom. The molecule has 0 saturated carbocycles. The Kier molecular flexibility index (Phi) is 9.56. The van der Waals surface area contributed by atoms with Crippen LogP contribution in [0.3, 0.4) is 0 Å². The SMILES string of the molecule is CC(C)C(O)(c1ccc(OC(F)(F)F)cc1)c1cncnc1.O=c1c2cc(F)ccc2nc(-n2cncn2)n1-c1ccc(Cl)cc1Cl. The van der Waals surface area contributed by atoms with Gasteiger partial charge in [-0.05, 0) is 60.0 Å². The Labute approximate surface area is 273 Å². The second-order valence-corrected chi connectivity index (χ2v) is 11.1. The molecule has 0 saturated heterocycles. The number of benzene rings is 3. The van der Waals surface area contributed by atoms with Crippen LogP contribution in [0.25, 0.3) is 22.5 Å². The summed E-state index contributed by atoms with van der Waals surface area (Å²) in [6, 6.07) is 13.6. The molecule has 1 unspecified atom stereocenters. The summed E-state index contributed by atoms with van der Waals surface area (Å²) in [5.74, 6) is -0.945. The molecule has 1 N–H and O–H groups in total. The number of halogens is 6. The lowest BCUT2D eigenvalue weighted by atomic mass is 9.79. The van der Waals surface area contributed by atoms with E-state index in [1.54, 1.807) is 26.0 Å². The Bertz CT molecular complexity index is 2060. The van der Waals surface area contributed by atoms with Crippen molar-refractivity contribution < 1.29 is 27.4 Å². The number of aromatic nitrogens is 7. The summed E-state index contributed by atoms with van der Waals surface area (Å²) < 4.78 is 56.6. The zero-order valence-corrected chi connectivity index (χ0v) is 25.9. The molecule has 242 valence electrons. The van der Waals surface area contributed by atoms with Crippen molar-refractivity contribution in [2.24, 2.45) is 5.92 Å². The van der Waals surface area contributed by atoms with Crippen LogP contribution >= 0.6 is 23.2 Å². The van der Waals surface area contributed by atoms with Gasteiger partial charge in [0.15, 0.2) is 0 Å². The monoisotopic (exact) mass is 687 g/mol. The molecule has 16 heteroatoms. The summed E-state index contributed by atoms with van der Waals surface area (Å²) in [6.45, 7) is 3.60. The molecular weight excluding hydrogens is 665 g/mol. The first-order valence-electron chi connectivity index (χ1n) is 13.6. The normalized spacial score (nSPS) is 12.8. The maximum atomic E-state index is 13.6. The van der Waals surface area contributed by atoms with Gasteiger partial charge in [-0.15, -0.1) is 13.2 Å². The average Bonchev–Trinajstić information content (AvgIpc) is 3.57. The molecule has 0 spiro atoms. The predicted octanol–water partition coefficient (Wildman–Crippen LogP) is 6.68. The summed E-state index contributed by atoms with van der Waals surface area (Å²) in [4.78, 5) is 29.1. The van der Waals surface area contributed by atoms with E-state index in [9.17, 15) is 27.5 Å². The first kappa shape index (κ1) is 33.4. The third-order valence-corrected chi connectivity index (χ3v) is 7.49. The van der Waals surface area contributed by atoms with E-state index >= 15 is 0 Å². The number of ether oxygens (including phenoxy) is 1. The van der Waals surface area contributed by atoms with Crippen LogP contribution < -0.4 is 10.3 Å². The molecule has 0 aliphatic rings. The minimum absolute atomic E-state index is 0.120. The first-order chi connectivity index (χ1) is 22.3. The highest BCUT2D eigenvalue weighted by molar-refractivity contribution is 6.35. The topological polar surface area (TPSA) is 121 Å². The van der Waals surface area contributed by atoms with E-state index in [-0.39, 0.29) is 28.0 Å². The van der Waals surface area contributed by atoms with Crippen LogP contribution in [-0.2, 0) is 5.60 Å². The molecule has 3 heterocycles. The fourth-order valence-electron chi connectivity index (χ4n) is 4.73. The average molecular weight is 688 g/mol. The lowest BCUT2D eigenvalue weighted by Crippen LogP contribution is -2.33. The van der Waals surface area contributed by atoms with Crippen molar-refractivity contribution in [2.45, 2.75) is 25.8 Å². The molecule has 0 bridgehead atoms. The van der Waals surface area contributed by atoms with Crippen LogP contribution in [0.15, 0.2) is 96.8 Å². The zero-order valence-electron chi connectivity index (χ0n) is 24.4. The van der Waals surface area contributed by atoms with Gasteiger partial charge in [-0.3, -0.25) is 4.79 Å². The molecule has 0 radical (unpaired) electrons. The minimum Gasteiger partial charge on any atom is -0.406 e. The first-order valence-corrected chi connectivity index (χ1v) is 14.4. The van der Waals surface area contributed by atoms with Crippen LogP contribution in [0.5, 0.6) is 5.75 Å².